The molecule has 0 saturated heterocycles. The van der Waals surface area contributed by atoms with Crippen molar-refractivity contribution in [2.45, 2.75) is 6.54 Å². The minimum absolute atomic E-state index is 0.0481. The summed E-state index contributed by atoms with van der Waals surface area (Å²) in [6.07, 6.45) is 1.27. The second-order valence-corrected chi connectivity index (χ2v) is 3.92. The van der Waals surface area contributed by atoms with E-state index in [1.165, 1.54) is 13.4 Å². The maximum Gasteiger partial charge on any atom is 0.260 e. The molecule has 2 aromatic rings. The Morgan fingerprint density at radius 3 is 2.84 bits per heavy atom. The van der Waals surface area contributed by atoms with Crippen molar-refractivity contribution < 1.29 is 13.6 Å². The Kier molecular flexibility index (Phi) is 3.41. The molecule has 8 heteroatoms. The lowest BCUT2D eigenvalue weighted by molar-refractivity contribution is 0.0772. The number of halogens is 2. The maximum atomic E-state index is 13.7. The lowest BCUT2D eigenvalue weighted by atomic mass is 10.1. The first-order chi connectivity index (χ1) is 9.00. The van der Waals surface area contributed by atoms with Crippen LogP contribution < -0.4 is 5.73 Å². The Hall–Kier alpha value is -2.51. The number of H-pyrrole nitrogens is 1. The number of hydrogen-bond donors (Lipinski definition) is 2. The number of carbonyl (C=O) groups is 1. The molecule has 0 aliphatic heterocycles. The van der Waals surface area contributed by atoms with E-state index in [4.69, 9.17) is 5.73 Å². The van der Waals surface area contributed by atoms with Crippen LogP contribution in [-0.2, 0) is 6.54 Å². The highest BCUT2D eigenvalue weighted by Gasteiger charge is 2.23. The Labute approximate surface area is 107 Å². The van der Waals surface area contributed by atoms with Gasteiger partial charge in [0.05, 0.1) is 12.2 Å². The van der Waals surface area contributed by atoms with Gasteiger partial charge in [0.25, 0.3) is 5.91 Å². The molecule has 6 nitrogen and oxygen atoms in total. The van der Waals surface area contributed by atoms with Gasteiger partial charge in [-0.3, -0.25) is 9.89 Å². The van der Waals surface area contributed by atoms with Gasteiger partial charge in [-0.25, -0.2) is 13.8 Å². The van der Waals surface area contributed by atoms with Crippen LogP contribution in [0.15, 0.2) is 18.5 Å². The van der Waals surface area contributed by atoms with Crippen LogP contribution in [0.5, 0.6) is 0 Å². The van der Waals surface area contributed by atoms with Crippen LogP contribution in [0.3, 0.4) is 0 Å². The topological polar surface area (TPSA) is 87.9 Å². The predicted molar refractivity (Wildman–Crippen MR) is 63.0 cm³/mol. The lowest BCUT2D eigenvalue weighted by Crippen LogP contribution is -2.28. The summed E-state index contributed by atoms with van der Waals surface area (Å²) in [6.45, 7) is 0.0481. The molecule has 0 spiro atoms. The van der Waals surface area contributed by atoms with E-state index in [0.717, 1.165) is 17.0 Å². The fourth-order valence-corrected chi connectivity index (χ4v) is 1.56. The molecule has 19 heavy (non-hydrogen) atoms. The normalized spacial score (nSPS) is 10.5. The van der Waals surface area contributed by atoms with E-state index in [1.54, 1.807) is 0 Å². The molecule has 0 bridgehead atoms. The first kappa shape index (κ1) is 12.9. The van der Waals surface area contributed by atoms with Gasteiger partial charge < -0.3 is 10.6 Å². The van der Waals surface area contributed by atoms with Crippen LogP contribution in [0, 0.1) is 11.6 Å². The summed E-state index contributed by atoms with van der Waals surface area (Å²) in [4.78, 5) is 16.9. The van der Waals surface area contributed by atoms with Gasteiger partial charge in [-0.2, -0.15) is 5.10 Å². The Morgan fingerprint density at radius 2 is 2.21 bits per heavy atom. The molecular formula is C11H11F2N5O. The highest BCUT2D eigenvalue weighted by Crippen LogP contribution is 2.20. The first-order valence-corrected chi connectivity index (χ1v) is 5.34. The van der Waals surface area contributed by atoms with Gasteiger partial charge in [0.1, 0.15) is 23.5 Å². The number of amides is 1. The summed E-state index contributed by atoms with van der Waals surface area (Å²) in [5.74, 6) is -2.44. The number of carbonyl (C=O) groups excluding carboxylic acids is 1. The summed E-state index contributed by atoms with van der Waals surface area (Å²) in [7, 11) is 1.40. The number of anilines is 1. The molecular weight excluding hydrogens is 256 g/mol. The van der Waals surface area contributed by atoms with Crippen LogP contribution in [0.1, 0.15) is 16.2 Å². The summed E-state index contributed by atoms with van der Waals surface area (Å²) >= 11 is 0. The van der Waals surface area contributed by atoms with Crippen molar-refractivity contribution in [2.75, 3.05) is 12.8 Å². The third kappa shape index (κ3) is 2.51. The highest BCUT2D eigenvalue weighted by molar-refractivity contribution is 5.95. The third-order valence-corrected chi connectivity index (χ3v) is 2.53. The molecule has 0 fully saturated rings. The smallest absolute Gasteiger partial charge is 0.260 e. The molecule has 0 atom stereocenters. The standard InChI is InChI=1S/C11H11F2N5O/c1-18(4-8-15-5-16-17-8)11(19)9-6(12)2-3-7(14)10(9)13/h2-3,5H,4,14H2,1H3,(H,15,16,17). The number of nitrogens with two attached hydrogens (primary N) is 1. The van der Waals surface area contributed by atoms with Crippen LogP contribution >= 0.6 is 0 Å². The fraction of sp³-hybridized carbons (Fsp3) is 0.182. The SMILES string of the molecule is CN(Cc1ncn[nH]1)C(=O)c1c(F)ccc(N)c1F. The summed E-state index contributed by atoms with van der Waals surface area (Å²) in [5.41, 5.74) is 4.36. The molecule has 100 valence electrons. The highest BCUT2D eigenvalue weighted by atomic mass is 19.1. The molecule has 1 amide bonds. The average molecular weight is 267 g/mol. The Morgan fingerprint density at radius 1 is 1.47 bits per heavy atom. The molecule has 0 unspecified atom stereocenters. The molecule has 0 aliphatic carbocycles. The minimum atomic E-state index is -1.06. The number of aromatic amines is 1. The molecule has 1 heterocycles. The van der Waals surface area contributed by atoms with Gasteiger partial charge in [0.15, 0.2) is 5.82 Å². The van der Waals surface area contributed by atoms with Gasteiger partial charge in [-0.15, -0.1) is 0 Å². The van der Waals surface area contributed by atoms with Crippen molar-refractivity contribution in [1.29, 1.82) is 0 Å². The number of nitrogens with one attached hydrogen (secondary N) is 1. The zero-order valence-electron chi connectivity index (χ0n) is 10.0. The average Bonchev–Trinajstić information content (AvgIpc) is 2.87. The molecule has 3 N–H and O–H groups in total. The van der Waals surface area contributed by atoms with E-state index < -0.39 is 23.1 Å². The Balaban J connectivity index is 2.27. The fourth-order valence-electron chi connectivity index (χ4n) is 1.56. The van der Waals surface area contributed by atoms with Gasteiger partial charge in [-0.05, 0) is 12.1 Å². The van der Waals surface area contributed by atoms with E-state index >= 15 is 0 Å². The molecule has 0 aliphatic rings. The van der Waals surface area contributed by atoms with Crippen LogP contribution in [0.4, 0.5) is 14.5 Å². The number of nitrogens with zero attached hydrogens (tertiary/aromatic N) is 3. The zero-order chi connectivity index (χ0) is 14.0. The summed E-state index contributed by atoms with van der Waals surface area (Å²) in [6, 6.07) is 2.02. The lowest BCUT2D eigenvalue weighted by Gasteiger charge is -2.16. The monoisotopic (exact) mass is 267 g/mol. The van der Waals surface area contributed by atoms with Crippen molar-refractivity contribution in [2.24, 2.45) is 0 Å². The van der Waals surface area contributed by atoms with Crippen molar-refractivity contribution in [1.82, 2.24) is 20.1 Å². The number of hydrogen-bond acceptors (Lipinski definition) is 4. The quantitative estimate of drug-likeness (QED) is 0.810. The number of nitrogen functional groups attached to an aromatic ring is 1. The predicted octanol–water partition coefficient (Wildman–Crippen LogP) is 0.937. The number of rotatable bonds is 3. The van der Waals surface area contributed by atoms with E-state index in [2.05, 4.69) is 15.2 Å². The molecule has 0 saturated carbocycles. The van der Waals surface area contributed by atoms with Gasteiger partial charge in [-0.1, -0.05) is 0 Å². The van der Waals surface area contributed by atoms with Gasteiger partial charge in [0.2, 0.25) is 0 Å². The van der Waals surface area contributed by atoms with E-state index in [0.29, 0.717) is 5.82 Å². The Bertz CT molecular complexity index is 599. The van der Waals surface area contributed by atoms with E-state index in [-0.39, 0.29) is 12.2 Å². The molecule has 1 aromatic carbocycles. The van der Waals surface area contributed by atoms with Gasteiger partial charge in [0, 0.05) is 7.05 Å². The van der Waals surface area contributed by atoms with E-state index in [9.17, 15) is 13.6 Å². The largest absolute Gasteiger partial charge is 0.396 e. The third-order valence-electron chi connectivity index (χ3n) is 2.53. The molecule has 0 radical (unpaired) electrons. The second kappa shape index (κ2) is 5.01. The van der Waals surface area contributed by atoms with Gasteiger partial charge >= 0.3 is 0 Å². The number of benzene rings is 1. The molecule has 2 rings (SSSR count). The van der Waals surface area contributed by atoms with Crippen LogP contribution in [0.2, 0.25) is 0 Å². The van der Waals surface area contributed by atoms with Crippen LogP contribution in [0.25, 0.3) is 0 Å². The van der Waals surface area contributed by atoms with E-state index in [1.807, 2.05) is 0 Å². The second-order valence-electron chi connectivity index (χ2n) is 3.92. The van der Waals surface area contributed by atoms with Crippen molar-refractivity contribution in [3.05, 3.63) is 41.5 Å². The summed E-state index contributed by atoms with van der Waals surface area (Å²) in [5, 5.41) is 6.16. The zero-order valence-corrected chi connectivity index (χ0v) is 10.0. The van der Waals surface area contributed by atoms with Crippen molar-refractivity contribution in [3.63, 3.8) is 0 Å². The number of aromatic nitrogens is 3. The van der Waals surface area contributed by atoms with Crippen LogP contribution in [-0.4, -0.2) is 33.0 Å². The summed E-state index contributed by atoms with van der Waals surface area (Å²) < 4.78 is 27.2. The molecule has 1 aromatic heterocycles. The van der Waals surface area contributed by atoms with Crippen molar-refractivity contribution in [3.8, 4) is 0 Å². The maximum absolute atomic E-state index is 13.7. The first-order valence-electron chi connectivity index (χ1n) is 5.34. The minimum Gasteiger partial charge on any atom is -0.396 e. The van der Waals surface area contributed by atoms with Crippen molar-refractivity contribution >= 4 is 11.6 Å².